The van der Waals surface area contributed by atoms with E-state index in [1.54, 1.807) is 0 Å². The maximum absolute atomic E-state index is 12.8. The van der Waals surface area contributed by atoms with Crippen molar-refractivity contribution in [2.45, 2.75) is 19.9 Å². The van der Waals surface area contributed by atoms with Crippen LogP contribution in [0.3, 0.4) is 0 Å². The number of nitrogens with zero attached hydrogens (tertiary/aromatic N) is 1. The maximum Gasteiger partial charge on any atom is 0.195 e. The smallest absolute Gasteiger partial charge is 0.195 e. The van der Waals surface area contributed by atoms with Crippen LogP contribution in [0.1, 0.15) is 35.8 Å². The summed E-state index contributed by atoms with van der Waals surface area (Å²) in [6.45, 7) is 4.26. The molecule has 0 atom stereocenters. The van der Waals surface area contributed by atoms with Crippen molar-refractivity contribution < 1.29 is 4.79 Å². The number of fused-ring (bicyclic) bond motifs is 1. The van der Waals surface area contributed by atoms with Crippen LogP contribution in [0.4, 0.5) is 0 Å². The highest BCUT2D eigenvalue weighted by Gasteiger charge is 2.17. The van der Waals surface area contributed by atoms with Crippen LogP contribution in [0.25, 0.3) is 10.9 Å². The van der Waals surface area contributed by atoms with E-state index >= 15 is 0 Å². The van der Waals surface area contributed by atoms with Crippen LogP contribution in [0.15, 0.2) is 54.7 Å². The highest BCUT2D eigenvalue weighted by atomic mass is 127. The minimum atomic E-state index is 0.0852. The van der Waals surface area contributed by atoms with Crippen molar-refractivity contribution in [3.8, 4) is 0 Å². The van der Waals surface area contributed by atoms with Crippen molar-refractivity contribution in [2.75, 3.05) is 0 Å². The van der Waals surface area contributed by atoms with Crippen molar-refractivity contribution in [1.82, 2.24) is 4.57 Å². The van der Waals surface area contributed by atoms with Crippen LogP contribution in [-0.2, 0) is 0 Å². The monoisotopic (exact) mass is 389 g/mol. The van der Waals surface area contributed by atoms with Crippen LogP contribution in [0, 0.1) is 3.57 Å². The fourth-order valence-electron chi connectivity index (χ4n) is 2.57. The molecule has 1 heterocycles. The SMILES string of the molecule is CC(C)n1cc(C(=O)c2ccc(I)cc2)c2ccccc21. The molecule has 0 aliphatic carbocycles. The van der Waals surface area contributed by atoms with E-state index in [1.807, 2.05) is 48.7 Å². The molecule has 2 nitrogen and oxygen atoms in total. The third-order valence-electron chi connectivity index (χ3n) is 3.65. The molecule has 2 aromatic carbocycles. The number of carbonyl (C=O) groups excluding carboxylic acids is 1. The van der Waals surface area contributed by atoms with Crippen molar-refractivity contribution >= 4 is 39.3 Å². The first-order valence-electron chi connectivity index (χ1n) is 6.98. The van der Waals surface area contributed by atoms with Gasteiger partial charge in [-0.1, -0.05) is 18.2 Å². The summed E-state index contributed by atoms with van der Waals surface area (Å²) in [5.41, 5.74) is 2.63. The van der Waals surface area contributed by atoms with E-state index in [2.05, 4.69) is 47.1 Å². The molecule has 0 radical (unpaired) electrons. The number of halogens is 1. The second-order valence-corrected chi connectivity index (χ2v) is 6.64. The average Bonchev–Trinajstić information content (AvgIpc) is 2.87. The van der Waals surface area contributed by atoms with Gasteiger partial charge in [0, 0.05) is 37.8 Å². The number of carbonyl (C=O) groups is 1. The number of para-hydroxylation sites is 1. The van der Waals surface area contributed by atoms with Crippen LogP contribution in [0.2, 0.25) is 0 Å². The van der Waals surface area contributed by atoms with Gasteiger partial charge in [-0.05, 0) is 66.8 Å². The van der Waals surface area contributed by atoms with Crippen LogP contribution >= 0.6 is 22.6 Å². The van der Waals surface area contributed by atoms with Crippen LogP contribution < -0.4 is 0 Å². The number of ketones is 1. The van der Waals surface area contributed by atoms with E-state index in [9.17, 15) is 4.79 Å². The van der Waals surface area contributed by atoms with Gasteiger partial charge in [0.1, 0.15) is 0 Å². The molecule has 0 aliphatic heterocycles. The van der Waals surface area contributed by atoms with E-state index in [4.69, 9.17) is 0 Å². The van der Waals surface area contributed by atoms with Crippen LogP contribution in [0.5, 0.6) is 0 Å². The number of hydrogen-bond donors (Lipinski definition) is 0. The summed E-state index contributed by atoms with van der Waals surface area (Å²) in [5, 5.41) is 1.02. The summed E-state index contributed by atoms with van der Waals surface area (Å²) in [5.74, 6) is 0.0852. The van der Waals surface area contributed by atoms with Crippen molar-refractivity contribution in [3.05, 3.63) is 69.4 Å². The highest BCUT2D eigenvalue weighted by molar-refractivity contribution is 14.1. The van der Waals surface area contributed by atoms with Gasteiger partial charge in [0.2, 0.25) is 0 Å². The molecule has 0 fully saturated rings. The third kappa shape index (κ3) is 2.62. The minimum absolute atomic E-state index is 0.0852. The second-order valence-electron chi connectivity index (χ2n) is 5.40. The highest BCUT2D eigenvalue weighted by Crippen LogP contribution is 2.26. The molecule has 0 unspecified atom stereocenters. The normalized spacial score (nSPS) is 11.2. The Morgan fingerprint density at radius 2 is 1.71 bits per heavy atom. The van der Waals surface area contributed by atoms with Gasteiger partial charge < -0.3 is 4.57 Å². The number of benzene rings is 2. The van der Waals surface area contributed by atoms with E-state index in [-0.39, 0.29) is 5.78 Å². The lowest BCUT2D eigenvalue weighted by atomic mass is 10.0. The minimum Gasteiger partial charge on any atom is -0.344 e. The van der Waals surface area contributed by atoms with E-state index in [0.29, 0.717) is 6.04 Å². The molecule has 3 heteroatoms. The van der Waals surface area contributed by atoms with Gasteiger partial charge in [0.15, 0.2) is 5.78 Å². The molecular formula is C18H16INO. The number of aromatic nitrogens is 1. The van der Waals surface area contributed by atoms with Gasteiger partial charge in [-0.3, -0.25) is 4.79 Å². The van der Waals surface area contributed by atoms with Gasteiger partial charge in [-0.25, -0.2) is 0 Å². The third-order valence-corrected chi connectivity index (χ3v) is 4.37. The lowest BCUT2D eigenvalue weighted by Crippen LogP contribution is -2.01. The Morgan fingerprint density at radius 1 is 1.05 bits per heavy atom. The predicted molar refractivity (Wildman–Crippen MR) is 94.9 cm³/mol. The summed E-state index contributed by atoms with van der Waals surface area (Å²) in [6.07, 6.45) is 1.98. The Hall–Kier alpha value is -1.62. The van der Waals surface area contributed by atoms with E-state index in [1.165, 1.54) is 0 Å². The summed E-state index contributed by atoms with van der Waals surface area (Å²) in [7, 11) is 0. The van der Waals surface area contributed by atoms with Crippen molar-refractivity contribution in [1.29, 1.82) is 0 Å². The Morgan fingerprint density at radius 3 is 2.38 bits per heavy atom. The molecule has 0 amide bonds. The zero-order valence-corrected chi connectivity index (χ0v) is 14.2. The largest absolute Gasteiger partial charge is 0.344 e. The Labute approximate surface area is 137 Å². The quantitative estimate of drug-likeness (QED) is 0.454. The molecule has 3 rings (SSSR count). The zero-order valence-electron chi connectivity index (χ0n) is 12.0. The molecule has 0 saturated carbocycles. The lowest BCUT2D eigenvalue weighted by molar-refractivity contribution is 0.104. The fourth-order valence-corrected chi connectivity index (χ4v) is 2.93. The molecule has 21 heavy (non-hydrogen) atoms. The molecule has 0 aliphatic rings. The van der Waals surface area contributed by atoms with Gasteiger partial charge in [-0.15, -0.1) is 0 Å². The van der Waals surface area contributed by atoms with Gasteiger partial charge in [0.25, 0.3) is 0 Å². The van der Waals surface area contributed by atoms with E-state index < -0.39 is 0 Å². The number of hydrogen-bond acceptors (Lipinski definition) is 1. The molecule has 106 valence electrons. The molecule has 0 bridgehead atoms. The molecule has 1 aromatic heterocycles. The first kappa shape index (κ1) is 14.3. The second kappa shape index (κ2) is 5.64. The number of rotatable bonds is 3. The van der Waals surface area contributed by atoms with Crippen molar-refractivity contribution in [2.24, 2.45) is 0 Å². The molecule has 3 aromatic rings. The van der Waals surface area contributed by atoms with Gasteiger partial charge >= 0.3 is 0 Å². The fraction of sp³-hybridized carbons (Fsp3) is 0.167. The molecule has 0 spiro atoms. The topological polar surface area (TPSA) is 22.0 Å². The molecule has 0 saturated heterocycles. The van der Waals surface area contributed by atoms with E-state index in [0.717, 1.165) is 25.6 Å². The molecular weight excluding hydrogens is 373 g/mol. The summed E-state index contributed by atoms with van der Waals surface area (Å²) in [4.78, 5) is 12.8. The first-order valence-corrected chi connectivity index (χ1v) is 8.05. The maximum atomic E-state index is 12.8. The summed E-state index contributed by atoms with van der Waals surface area (Å²) < 4.78 is 3.30. The summed E-state index contributed by atoms with van der Waals surface area (Å²) >= 11 is 2.25. The Balaban J connectivity index is 2.16. The first-order chi connectivity index (χ1) is 10.1. The Bertz CT molecular complexity index is 800. The molecule has 0 N–H and O–H groups in total. The zero-order chi connectivity index (χ0) is 15.0. The summed E-state index contributed by atoms with van der Waals surface area (Å²) in [6, 6.07) is 16.1. The lowest BCUT2D eigenvalue weighted by Gasteiger charge is -2.08. The van der Waals surface area contributed by atoms with Crippen molar-refractivity contribution in [3.63, 3.8) is 0 Å². The van der Waals surface area contributed by atoms with Gasteiger partial charge in [-0.2, -0.15) is 0 Å². The van der Waals surface area contributed by atoms with Gasteiger partial charge in [0.05, 0.1) is 0 Å². The Kier molecular flexibility index (Phi) is 3.85. The average molecular weight is 389 g/mol. The predicted octanol–water partition coefficient (Wildman–Crippen LogP) is 5.06. The van der Waals surface area contributed by atoms with Crippen LogP contribution in [-0.4, -0.2) is 10.4 Å². The standard InChI is InChI=1S/C18H16INO/c1-12(2)20-11-16(15-5-3-4-6-17(15)20)18(21)13-7-9-14(19)10-8-13/h3-12H,1-2H3.